The fraction of sp³-hybridized carbons (Fsp3) is 0.609. The summed E-state index contributed by atoms with van der Waals surface area (Å²) in [6.07, 6.45) is 9.15. The highest BCUT2D eigenvalue weighted by Gasteiger charge is 2.14. The molecule has 0 bridgehead atoms. The zero-order valence-corrected chi connectivity index (χ0v) is 17.5. The third kappa shape index (κ3) is 10.8. The molecule has 4 nitrogen and oxygen atoms in total. The average Bonchev–Trinajstić information content (AvgIpc) is 2.62. The maximum absolute atomic E-state index is 11.5. The molecule has 0 radical (unpaired) electrons. The Morgan fingerprint density at radius 1 is 0.963 bits per heavy atom. The molecule has 0 aliphatic carbocycles. The Hall–Kier alpha value is -1.81. The zero-order chi connectivity index (χ0) is 20.1. The molecule has 0 aliphatic rings. The Bertz CT molecular complexity index is 550. The summed E-state index contributed by atoms with van der Waals surface area (Å²) in [4.78, 5) is 11.5. The van der Waals surface area contributed by atoms with Crippen molar-refractivity contribution >= 4 is 5.97 Å². The second-order valence-corrected chi connectivity index (χ2v) is 7.09. The van der Waals surface area contributed by atoms with Crippen LogP contribution in [0.3, 0.4) is 0 Å². The van der Waals surface area contributed by atoms with Gasteiger partial charge >= 0.3 is 5.97 Å². The van der Waals surface area contributed by atoms with Crippen LogP contribution in [0.2, 0.25) is 0 Å². The topological polar surface area (TPSA) is 44.8 Å². The molecule has 0 saturated heterocycles. The highest BCUT2D eigenvalue weighted by molar-refractivity contribution is 5.86. The van der Waals surface area contributed by atoms with E-state index in [1.54, 1.807) is 20.8 Å². The first kappa shape index (κ1) is 23.2. The van der Waals surface area contributed by atoms with Crippen LogP contribution in [0.5, 0.6) is 5.75 Å². The van der Waals surface area contributed by atoms with Crippen molar-refractivity contribution in [1.82, 2.24) is 0 Å². The van der Waals surface area contributed by atoms with Crippen molar-refractivity contribution in [2.75, 3.05) is 0 Å². The number of rotatable bonds is 14. The zero-order valence-electron chi connectivity index (χ0n) is 17.5. The lowest BCUT2D eigenvalue weighted by atomic mass is 10.0. The van der Waals surface area contributed by atoms with Gasteiger partial charge in [-0.15, -0.1) is 0 Å². The largest absolute Gasteiger partial charge is 0.465 e. The molecule has 27 heavy (non-hydrogen) atoms. The van der Waals surface area contributed by atoms with Gasteiger partial charge < -0.3 is 14.2 Å². The van der Waals surface area contributed by atoms with Gasteiger partial charge in [-0.2, -0.15) is 0 Å². The average molecular weight is 377 g/mol. The number of aryl methyl sites for hydroxylation is 1. The van der Waals surface area contributed by atoms with Crippen LogP contribution in [-0.2, 0) is 20.7 Å². The number of benzene rings is 1. The first-order valence-electron chi connectivity index (χ1n) is 10.2. The number of esters is 1. The summed E-state index contributed by atoms with van der Waals surface area (Å²) in [5.74, 6) is 0.272. The maximum atomic E-state index is 11.5. The van der Waals surface area contributed by atoms with Crippen LogP contribution in [0.4, 0.5) is 0 Å². The van der Waals surface area contributed by atoms with Gasteiger partial charge in [0.15, 0.2) is 0 Å². The lowest BCUT2D eigenvalue weighted by molar-refractivity contribution is -0.205. The summed E-state index contributed by atoms with van der Waals surface area (Å²) in [5.41, 5.74) is 1.67. The Balaban J connectivity index is 2.26. The van der Waals surface area contributed by atoms with E-state index in [-0.39, 0.29) is 0 Å². The first-order valence-corrected chi connectivity index (χ1v) is 10.2. The fourth-order valence-corrected chi connectivity index (χ4v) is 2.79. The summed E-state index contributed by atoms with van der Waals surface area (Å²) in [6, 6.07) is 8.12. The SMILES string of the molecule is C=C(C)C(=O)OC(C)OC(C)Oc1ccc(CCCCCCCCC)cc1. The summed E-state index contributed by atoms with van der Waals surface area (Å²) >= 11 is 0. The van der Waals surface area contributed by atoms with Crippen LogP contribution in [-0.4, -0.2) is 18.5 Å². The Morgan fingerprint density at radius 2 is 1.56 bits per heavy atom. The Kier molecular flexibility index (Phi) is 11.5. The summed E-state index contributed by atoms with van der Waals surface area (Å²) in [7, 11) is 0. The van der Waals surface area contributed by atoms with Crippen molar-refractivity contribution in [3.05, 3.63) is 42.0 Å². The van der Waals surface area contributed by atoms with Crippen molar-refractivity contribution in [2.24, 2.45) is 0 Å². The molecule has 0 saturated carbocycles. The van der Waals surface area contributed by atoms with Gasteiger partial charge in [0.05, 0.1) is 0 Å². The minimum atomic E-state index is -0.694. The van der Waals surface area contributed by atoms with E-state index in [0.29, 0.717) is 5.57 Å². The molecule has 0 N–H and O–H groups in total. The second kappa shape index (κ2) is 13.4. The van der Waals surface area contributed by atoms with Gasteiger partial charge in [-0.3, -0.25) is 0 Å². The molecule has 1 rings (SSSR count). The number of carbonyl (C=O) groups is 1. The third-order valence-corrected chi connectivity index (χ3v) is 4.30. The van der Waals surface area contributed by atoms with Crippen LogP contribution < -0.4 is 4.74 Å². The van der Waals surface area contributed by atoms with E-state index in [1.165, 1.54) is 50.5 Å². The normalized spacial score (nSPS) is 13.0. The number of unbranched alkanes of at least 4 members (excludes halogenated alkanes) is 6. The van der Waals surface area contributed by atoms with E-state index >= 15 is 0 Å². The summed E-state index contributed by atoms with van der Waals surface area (Å²) < 4.78 is 16.3. The smallest absolute Gasteiger partial charge is 0.335 e. The molecule has 1 aromatic rings. The molecule has 0 amide bonds. The highest BCUT2D eigenvalue weighted by Crippen LogP contribution is 2.17. The first-order chi connectivity index (χ1) is 12.9. The van der Waals surface area contributed by atoms with Crippen molar-refractivity contribution in [3.63, 3.8) is 0 Å². The van der Waals surface area contributed by atoms with Crippen LogP contribution in [0.15, 0.2) is 36.4 Å². The summed E-state index contributed by atoms with van der Waals surface area (Å²) in [5, 5.41) is 0. The van der Waals surface area contributed by atoms with E-state index in [4.69, 9.17) is 14.2 Å². The Labute approximate surface area is 164 Å². The van der Waals surface area contributed by atoms with Gasteiger partial charge in [-0.25, -0.2) is 4.79 Å². The molecule has 0 aliphatic heterocycles. The van der Waals surface area contributed by atoms with E-state index in [9.17, 15) is 4.79 Å². The molecule has 0 heterocycles. The number of ether oxygens (including phenoxy) is 3. The van der Waals surface area contributed by atoms with Gasteiger partial charge in [0.1, 0.15) is 5.75 Å². The molecule has 0 fully saturated rings. The molecule has 2 atom stereocenters. The quantitative estimate of drug-likeness (QED) is 0.168. The number of hydrogen-bond donors (Lipinski definition) is 0. The van der Waals surface area contributed by atoms with Crippen molar-refractivity contribution < 1.29 is 19.0 Å². The highest BCUT2D eigenvalue weighted by atomic mass is 16.8. The van der Waals surface area contributed by atoms with E-state index in [1.807, 2.05) is 12.1 Å². The van der Waals surface area contributed by atoms with E-state index in [2.05, 4.69) is 25.6 Å². The van der Waals surface area contributed by atoms with Crippen LogP contribution in [0.25, 0.3) is 0 Å². The summed E-state index contributed by atoms with van der Waals surface area (Å²) in [6.45, 7) is 10.8. The molecular formula is C23H36O4. The minimum Gasteiger partial charge on any atom is -0.465 e. The molecule has 0 spiro atoms. The van der Waals surface area contributed by atoms with Crippen molar-refractivity contribution in [3.8, 4) is 5.75 Å². The fourth-order valence-electron chi connectivity index (χ4n) is 2.79. The second-order valence-electron chi connectivity index (χ2n) is 7.09. The van der Waals surface area contributed by atoms with E-state index in [0.717, 1.165) is 12.2 Å². The monoisotopic (exact) mass is 376 g/mol. The van der Waals surface area contributed by atoms with Gasteiger partial charge in [0.25, 0.3) is 0 Å². The van der Waals surface area contributed by atoms with Gasteiger partial charge in [0, 0.05) is 5.57 Å². The van der Waals surface area contributed by atoms with Crippen molar-refractivity contribution in [1.29, 1.82) is 0 Å². The van der Waals surface area contributed by atoms with Gasteiger partial charge in [-0.05, 0) is 51.3 Å². The standard InChI is InChI=1S/C23H36O4/c1-6-7-8-9-10-11-12-13-21-14-16-22(17-15-21)26-19(4)25-20(5)27-23(24)18(2)3/h14-17,19-20H,2,6-13H2,1,3-5H3. The Morgan fingerprint density at radius 3 is 2.15 bits per heavy atom. The van der Waals surface area contributed by atoms with Crippen molar-refractivity contribution in [2.45, 2.75) is 91.6 Å². The predicted molar refractivity (Wildman–Crippen MR) is 110 cm³/mol. The molecule has 2 unspecified atom stereocenters. The van der Waals surface area contributed by atoms with E-state index < -0.39 is 18.5 Å². The molecule has 152 valence electrons. The number of carbonyl (C=O) groups excluding carboxylic acids is 1. The lowest BCUT2D eigenvalue weighted by Crippen LogP contribution is -2.26. The number of hydrogen-bond acceptors (Lipinski definition) is 4. The van der Waals surface area contributed by atoms with Crippen LogP contribution in [0.1, 0.15) is 78.2 Å². The van der Waals surface area contributed by atoms with Gasteiger partial charge in [-0.1, -0.05) is 64.2 Å². The lowest BCUT2D eigenvalue weighted by Gasteiger charge is -2.20. The van der Waals surface area contributed by atoms with Crippen LogP contribution in [0, 0.1) is 0 Å². The molecule has 0 aromatic heterocycles. The van der Waals surface area contributed by atoms with Gasteiger partial charge in [0.2, 0.25) is 12.6 Å². The van der Waals surface area contributed by atoms with Crippen LogP contribution >= 0.6 is 0 Å². The molecule has 4 heteroatoms. The third-order valence-electron chi connectivity index (χ3n) is 4.30. The predicted octanol–water partition coefficient (Wildman–Crippen LogP) is 6.19. The maximum Gasteiger partial charge on any atom is 0.335 e. The molecule has 1 aromatic carbocycles. The molecular weight excluding hydrogens is 340 g/mol. The minimum absolute atomic E-state index is 0.343.